The van der Waals surface area contributed by atoms with E-state index in [-0.39, 0.29) is 17.7 Å². The predicted octanol–water partition coefficient (Wildman–Crippen LogP) is 3.65. The number of nitrogens with zero attached hydrogens (tertiary/aromatic N) is 4. The Balaban J connectivity index is 1.51. The van der Waals surface area contributed by atoms with Crippen LogP contribution in [0.25, 0.3) is 11.3 Å². The zero-order valence-corrected chi connectivity index (χ0v) is 19.5. The molecule has 3 aromatic rings. The van der Waals surface area contributed by atoms with E-state index in [2.05, 4.69) is 32.8 Å². The molecule has 174 valence electrons. The van der Waals surface area contributed by atoms with Gasteiger partial charge in [-0.05, 0) is 56.7 Å². The third kappa shape index (κ3) is 4.97. The minimum absolute atomic E-state index is 0.0768. The van der Waals surface area contributed by atoms with Crippen LogP contribution >= 0.6 is 0 Å². The molecular formula is C24H30N6O3. The van der Waals surface area contributed by atoms with E-state index in [0.29, 0.717) is 23.1 Å². The molecule has 3 aromatic heterocycles. The van der Waals surface area contributed by atoms with Crippen LogP contribution in [-0.4, -0.2) is 37.8 Å². The fraction of sp³-hybridized carbons (Fsp3) is 0.458. The van der Waals surface area contributed by atoms with Gasteiger partial charge in [0.2, 0.25) is 5.91 Å². The van der Waals surface area contributed by atoms with Crippen LogP contribution in [0.5, 0.6) is 0 Å². The number of anilines is 1. The van der Waals surface area contributed by atoms with E-state index in [0.717, 1.165) is 42.6 Å². The number of hydrogen-bond acceptors (Lipinski definition) is 6. The van der Waals surface area contributed by atoms with E-state index < -0.39 is 6.04 Å². The van der Waals surface area contributed by atoms with Crippen LogP contribution in [-0.2, 0) is 11.8 Å². The molecule has 3 heterocycles. The van der Waals surface area contributed by atoms with Gasteiger partial charge in [0.15, 0.2) is 0 Å². The van der Waals surface area contributed by atoms with Gasteiger partial charge in [0.25, 0.3) is 5.91 Å². The first-order valence-corrected chi connectivity index (χ1v) is 11.3. The third-order valence-corrected chi connectivity index (χ3v) is 6.48. The average molecular weight is 451 g/mol. The lowest BCUT2D eigenvalue weighted by molar-refractivity contribution is -0.119. The minimum Gasteiger partial charge on any atom is -0.361 e. The van der Waals surface area contributed by atoms with Crippen molar-refractivity contribution in [1.82, 2.24) is 25.2 Å². The Hall–Kier alpha value is -3.49. The first-order valence-electron chi connectivity index (χ1n) is 11.3. The lowest BCUT2D eigenvalue weighted by Crippen LogP contribution is -2.49. The predicted molar refractivity (Wildman–Crippen MR) is 123 cm³/mol. The number of amides is 2. The van der Waals surface area contributed by atoms with Crippen LogP contribution in [0.4, 0.5) is 5.69 Å². The van der Waals surface area contributed by atoms with Crippen LogP contribution in [0, 0.1) is 25.7 Å². The van der Waals surface area contributed by atoms with Crippen LogP contribution in [0.3, 0.4) is 0 Å². The summed E-state index contributed by atoms with van der Waals surface area (Å²) >= 11 is 0. The van der Waals surface area contributed by atoms with E-state index >= 15 is 0 Å². The molecule has 0 spiro atoms. The number of pyridine rings is 1. The molecule has 1 aliphatic carbocycles. The maximum Gasteiger partial charge on any atom is 0.270 e. The number of aryl methyl sites for hydroxylation is 3. The summed E-state index contributed by atoms with van der Waals surface area (Å²) in [6.45, 7) is 5.93. The fourth-order valence-electron chi connectivity index (χ4n) is 4.51. The quantitative estimate of drug-likeness (QED) is 0.592. The molecule has 1 saturated carbocycles. The summed E-state index contributed by atoms with van der Waals surface area (Å²) in [6, 6.07) is 4.63. The fourth-order valence-corrected chi connectivity index (χ4v) is 4.51. The minimum atomic E-state index is -0.637. The van der Waals surface area contributed by atoms with E-state index in [1.54, 1.807) is 31.6 Å². The van der Waals surface area contributed by atoms with Crippen molar-refractivity contribution < 1.29 is 14.1 Å². The third-order valence-electron chi connectivity index (χ3n) is 6.48. The summed E-state index contributed by atoms with van der Waals surface area (Å²) in [5, 5.41) is 13.9. The van der Waals surface area contributed by atoms with Gasteiger partial charge in [-0.25, -0.2) is 0 Å². The molecule has 1 aliphatic rings. The molecule has 1 atom stereocenters. The molecule has 2 N–H and O–H groups in total. The van der Waals surface area contributed by atoms with E-state index in [1.807, 2.05) is 19.9 Å². The van der Waals surface area contributed by atoms with Gasteiger partial charge in [0.1, 0.15) is 17.5 Å². The van der Waals surface area contributed by atoms with E-state index in [4.69, 9.17) is 4.52 Å². The van der Waals surface area contributed by atoms with Crippen molar-refractivity contribution in [2.45, 2.75) is 52.5 Å². The maximum absolute atomic E-state index is 13.3. The number of rotatable bonds is 6. The molecule has 1 fully saturated rings. The Morgan fingerprint density at radius 2 is 1.91 bits per heavy atom. The van der Waals surface area contributed by atoms with E-state index in [9.17, 15) is 9.59 Å². The molecule has 9 heteroatoms. The smallest absolute Gasteiger partial charge is 0.270 e. The molecule has 0 bridgehead atoms. The molecule has 0 aliphatic heterocycles. The monoisotopic (exact) mass is 450 g/mol. The number of carbonyl (C=O) groups excluding carboxylic acids is 2. The molecule has 9 nitrogen and oxygen atoms in total. The van der Waals surface area contributed by atoms with Gasteiger partial charge in [-0.2, -0.15) is 5.10 Å². The standard InChI is InChI=1S/C24H30N6O3/c1-14-5-7-17(8-6-14)22(28-23(31)20-11-12-26-30(20)4)24(32)27-18-9-10-19(25-13-18)21-15(2)29-33-16(21)3/h9-14,17,22H,5-8H2,1-4H3,(H,27,32)(H,28,31)/t14?,17?,22-/m0/s1. The van der Waals surface area contributed by atoms with E-state index in [1.165, 1.54) is 4.68 Å². The highest BCUT2D eigenvalue weighted by Gasteiger charge is 2.33. The van der Waals surface area contributed by atoms with Gasteiger partial charge in [0, 0.05) is 13.2 Å². The zero-order chi connectivity index (χ0) is 23.5. The van der Waals surface area contributed by atoms with Crippen LogP contribution in [0.15, 0.2) is 35.1 Å². The normalized spacial score (nSPS) is 19.2. The SMILES string of the molecule is Cc1noc(C)c1-c1ccc(NC(=O)[C@@H](NC(=O)c2ccnn2C)C2CCC(C)CC2)cn1. The van der Waals surface area contributed by atoms with Gasteiger partial charge in [-0.15, -0.1) is 0 Å². The number of hydrogen-bond donors (Lipinski definition) is 2. The van der Waals surface area contributed by atoms with Crippen molar-refractivity contribution in [2.24, 2.45) is 18.9 Å². The molecule has 0 saturated heterocycles. The topological polar surface area (TPSA) is 115 Å². The maximum atomic E-state index is 13.3. The van der Waals surface area contributed by atoms with Crippen molar-refractivity contribution in [2.75, 3.05) is 5.32 Å². The molecule has 4 rings (SSSR count). The summed E-state index contributed by atoms with van der Waals surface area (Å²) in [5.74, 6) is 0.866. The summed E-state index contributed by atoms with van der Waals surface area (Å²) in [4.78, 5) is 30.6. The molecule has 2 amide bonds. The van der Waals surface area contributed by atoms with Crippen molar-refractivity contribution in [3.05, 3.63) is 47.7 Å². The van der Waals surface area contributed by atoms with Crippen LogP contribution in [0.1, 0.15) is 54.5 Å². The van der Waals surface area contributed by atoms with Gasteiger partial charge in [-0.1, -0.05) is 24.9 Å². The number of aromatic nitrogens is 4. The zero-order valence-electron chi connectivity index (χ0n) is 19.5. The van der Waals surface area contributed by atoms with Crippen molar-refractivity contribution in [3.8, 4) is 11.3 Å². The van der Waals surface area contributed by atoms with Gasteiger partial charge in [-0.3, -0.25) is 19.3 Å². The van der Waals surface area contributed by atoms with Crippen LogP contribution < -0.4 is 10.6 Å². The second-order valence-electron chi connectivity index (χ2n) is 8.93. The van der Waals surface area contributed by atoms with Crippen molar-refractivity contribution in [1.29, 1.82) is 0 Å². The number of nitrogens with one attached hydrogen (secondary N) is 2. The highest BCUT2D eigenvalue weighted by atomic mass is 16.5. The lowest BCUT2D eigenvalue weighted by atomic mass is 9.79. The first-order chi connectivity index (χ1) is 15.8. The highest BCUT2D eigenvalue weighted by Crippen LogP contribution is 2.31. The second-order valence-corrected chi connectivity index (χ2v) is 8.93. The first kappa shape index (κ1) is 22.7. The van der Waals surface area contributed by atoms with Crippen molar-refractivity contribution in [3.63, 3.8) is 0 Å². The summed E-state index contributed by atoms with van der Waals surface area (Å²) in [7, 11) is 1.71. The Labute approximate surface area is 192 Å². The van der Waals surface area contributed by atoms with Crippen molar-refractivity contribution >= 4 is 17.5 Å². The average Bonchev–Trinajstić information content (AvgIpc) is 3.38. The number of carbonyl (C=O) groups is 2. The Kier molecular flexibility index (Phi) is 6.57. The van der Waals surface area contributed by atoms with Gasteiger partial charge < -0.3 is 15.2 Å². The van der Waals surface area contributed by atoms with Crippen LogP contribution in [0.2, 0.25) is 0 Å². The Morgan fingerprint density at radius 1 is 1.15 bits per heavy atom. The Morgan fingerprint density at radius 3 is 2.48 bits per heavy atom. The summed E-state index contributed by atoms with van der Waals surface area (Å²) in [6.07, 6.45) is 7.07. The molecule has 0 radical (unpaired) electrons. The highest BCUT2D eigenvalue weighted by molar-refractivity contribution is 6.00. The van der Waals surface area contributed by atoms with Gasteiger partial charge in [0.05, 0.1) is 28.8 Å². The summed E-state index contributed by atoms with van der Waals surface area (Å²) < 4.78 is 6.73. The Bertz CT molecular complexity index is 1110. The molecule has 0 aromatic carbocycles. The summed E-state index contributed by atoms with van der Waals surface area (Å²) in [5.41, 5.74) is 3.33. The largest absolute Gasteiger partial charge is 0.361 e. The van der Waals surface area contributed by atoms with Gasteiger partial charge >= 0.3 is 0 Å². The lowest BCUT2D eigenvalue weighted by Gasteiger charge is -2.32. The molecule has 33 heavy (non-hydrogen) atoms. The second kappa shape index (κ2) is 9.56. The molecular weight excluding hydrogens is 420 g/mol. The molecule has 0 unspecified atom stereocenters.